The Balaban J connectivity index is 2.54. The van der Waals surface area contributed by atoms with Crippen LogP contribution < -0.4 is 0 Å². The van der Waals surface area contributed by atoms with Crippen LogP contribution in [0.4, 0.5) is 0 Å². The zero-order chi connectivity index (χ0) is 15.6. The van der Waals surface area contributed by atoms with E-state index in [4.69, 9.17) is 9.68 Å². The predicted octanol–water partition coefficient (Wildman–Crippen LogP) is 2.23. The van der Waals surface area contributed by atoms with Crippen molar-refractivity contribution in [3.63, 3.8) is 0 Å². The highest BCUT2D eigenvalue weighted by Gasteiger charge is 2.40. The van der Waals surface area contributed by atoms with Gasteiger partial charge in [0.05, 0.1) is 11.9 Å². The zero-order valence-electron chi connectivity index (χ0n) is 12.4. The minimum Gasteiger partial charge on any atom is -0.399 e. The van der Waals surface area contributed by atoms with Gasteiger partial charge in [0.2, 0.25) is 0 Å². The molecule has 0 bridgehead atoms. The minimum absolute atomic E-state index is 0.0429. The molecule has 0 saturated carbocycles. The molecule has 0 fully saturated rings. The lowest BCUT2D eigenvalue weighted by atomic mass is 10.1. The number of oxime groups is 2. The van der Waals surface area contributed by atoms with Crippen LogP contribution in [0.5, 0.6) is 0 Å². The molecule has 2 unspecified atom stereocenters. The van der Waals surface area contributed by atoms with Crippen LogP contribution >= 0.6 is 11.3 Å². The van der Waals surface area contributed by atoms with E-state index in [0.29, 0.717) is 5.71 Å². The highest BCUT2D eigenvalue weighted by molar-refractivity contribution is 7.93. The number of rotatable bonds is 5. The molecule has 8 heteroatoms. The Morgan fingerprint density at radius 3 is 2.76 bits per heavy atom. The minimum atomic E-state index is -3.56. The molecule has 21 heavy (non-hydrogen) atoms. The Hall–Kier alpha value is -1.41. The molecular weight excluding hydrogens is 312 g/mol. The SMILES string of the molecule is CON=C(C)C(c1cc(C)sc1C)S(=O)(=O)C1C=NOC1. The average Bonchev–Trinajstić information content (AvgIpc) is 3.00. The van der Waals surface area contributed by atoms with Crippen LogP contribution in [0.25, 0.3) is 0 Å². The molecule has 0 saturated heterocycles. The molecule has 1 aromatic rings. The normalized spacial score (nSPS) is 20.4. The molecule has 6 nitrogen and oxygen atoms in total. The summed E-state index contributed by atoms with van der Waals surface area (Å²) >= 11 is 1.57. The molecule has 1 aliphatic heterocycles. The summed E-state index contributed by atoms with van der Waals surface area (Å²) in [5.41, 5.74) is 1.15. The predicted molar refractivity (Wildman–Crippen MR) is 83.8 cm³/mol. The van der Waals surface area contributed by atoms with Crippen LogP contribution in [0, 0.1) is 13.8 Å². The van der Waals surface area contributed by atoms with Gasteiger partial charge < -0.3 is 9.68 Å². The van der Waals surface area contributed by atoms with Gasteiger partial charge >= 0.3 is 0 Å². The molecule has 116 valence electrons. The number of sulfone groups is 1. The molecule has 1 aromatic heterocycles. The van der Waals surface area contributed by atoms with E-state index in [-0.39, 0.29) is 6.61 Å². The third-order valence-corrected chi connectivity index (χ3v) is 6.60. The molecule has 0 amide bonds. The quantitative estimate of drug-likeness (QED) is 0.613. The lowest BCUT2D eigenvalue weighted by Gasteiger charge is -2.19. The largest absolute Gasteiger partial charge is 0.399 e. The highest BCUT2D eigenvalue weighted by atomic mass is 32.2. The second-order valence-corrected chi connectivity index (χ2v) is 8.56. The lowest BCUT2D eigenvalue weighted by molar-refractivity contribution is 0.174. The van der Waals surface area contributed by atoms with E-state index in [1.807, 2.05) is 19.9 Å². The van der Waals surface area contributed by atoms with Gasteiger partial charge in [-0.2, -0.15) is 0 Å². The van der Waals surface area contributed by atoms with Crippen LogP contribution in [0.3, 0.4) is 0 Å². The summed E-state index contributed by atoms with van der Waals surface area (Å²) < 4.78 is 25.8. The molecule has 0 spiro atoms. The van der Waals surface area contributed by atoms with Gasteiger partial charge in [-0.25, -0.2) is 8.42 Å². The van der Waals surface area contributed by atoms with Crippen molar-refractivity contribution in [3.8, 4) is 0 Å². The average molecular weight is 330 g/mol. The second-order valence-electron chi connectivity index (χ2n) is 4.84. The molecule has 0 aromatic carbocycles. The van der Waals surface area contributed by atoms with Crippen molar-refractivity contribution in [1.82, 2.24) is 0 Å². The molecule has 1 aliphatic rings. The molecule has 0 aliphatic carbocycles. The fraction of sp³-hybridized carbons (Fsp3) is 0.538. The van der Waals surface area contributed by atoms with Gasteiger partial charge in [-0.05, 0) is 32.4 Å². The number of hydrogen-bond donors (Lipinski definition) is 0. The third kappa shape index (κ3) is 3.11. The maximum Gasteiger partial charge on any atom is 0.174 e. The Kier molecular flexibility index (Phi) is 4.67. The second kappa shape index (κ2) is 6.15. The molecule has 0 N–H and O–H groups in total. The first kappa shape index (κ1) is 16.0. The first-order valence-electron chi connectivity index (χ1n) is 6.40. The number of nitrogens with zero attached hydrogens (tertiary/aromatic N) is 2. The van der Waals surface area contributed by atoms with Crippen molar-refractivity contribution in [2.24, 2.45) is 10.3 Å². The van der Waals surface area contributed by atoms with Crippen molar-refractivity contribution < 1.29 is 18.1 Å². The maximum atomic E-state index is 12.9. The van der Waals surface area contributed by atoms with E-state index in [2.05, 4.69) is 10.3 Å². The number of hydrogen-bond acceptors (Lipinski definition) is 7. The van der Waals surface area contributed by atoms with Crippen LogP contribution in [-0.2, 0) is 19.5 Å². The van der Waals surface area contributed by atoms with Crippen molar-refractivity contribution in [3.05, 3.63) is 21.4 Å². The van der Waals surface area contributed by atoms with Crippen LogP contribution in [0.15, 0.2) is 16.4 Å². The van der Waals surface area contributed by atoms with Crippen molar-refractivity contribution in [1.29, 1.82) is 0 Å². The topological polar surface area (TPSA) is 77.3 Å². The van der Waals surface area contributed by atoms with Gasteiger partial charge in [0.1, 0.15) is 24.2 Å². The van der Waals surface area contributed by atoms with E-state index < -0.39 is 20.3 Å². The Morgan fingerprint density at radius 1 is 1.57 bits per heavy atom. The van der Waals surface area contributed by atoms with Gasteiger partial charge in [-0.1, -0.05) is 10.3 Å². The van der Waals surface area contributed by atoms with E-state index in [0.717, 1.165) is 15.3 Å². The molecule has 2 heterocycles. The van der Waals surface area contributed by atoms with E-state index in [1.165, 1.54) is 13.3 Å². The summed E-state index contributed by atoms with van der Waals surface area (Å²) in [7, 11) is -2.16. The van der Waals surface area contributed by atoms with Gasteiger partial charge in [-0.3, -0.25) is 0 Å². The fourth-order valence-corrected chi connectivity index (χ4v) is 5.34. The van der Waals surface area contributed by atoms with Crippen molar-refractivity contribution >= 4 is 33.1 Å². The summed E-state index contributed by atoms with van der Waals surface area (Å²) in [6.45, 7) is 5.56. The van der Waals surface area contributed by atoms with Crippen LogP contribution in [0.2, 0.25) is 0 Å². The summed E-state index contributed by atoms with van der Waals surface area (Å²) in [5, 5.41) is 5.81. The molecular formula is C13H18N2O4S2. The summed E-state index contributed by atoms with van der Waals surface area (Å²) in [6.07, 6.45) is 1.33. The Morgan fingerprint density at radius 2 is 2.29 bits per heavy atom. The summed E-state index contributed by atoms with van der Waals surface area (Å²) in [4.78, 5) is 11.6. The monoisotopic (exact) mass is 330 g/mol. The molecule has 2 atom stereocenters. The van der Waals surface area contributed by atoms with Crippen molar-refractivity contribution in [2.45, 2.75) is 31.3 Å². The molecule has 2 rings (SSSR count). The highest BCUT2D eigenvalue weighted by Crippen LogP contribution is 2.35. The van der Waals surface area contributed by atoms with Crippen LogP contribution in [-0.4, -0.2) is 39.3 Å². The number of aryl methyl sites for hydroxylation is 2. The van der Waals surface area contributed by atoms with Gasteiger partial charge in [0, 0.05) is 9.75 Å². The zero-order valence-corrected chi connectivity index (χ0v) is 14.0. The standard InChI is InChI=1S/C13H18N2O4S2/c1-8-5-12(10(3)20-8)13(9(2)15-18-4)21(16,17)11-6-14-19-7-11/h5-6,11,13H,7H2,1-4H3. The van der Waals surface area contributed by atoms with Crippen molar-refractivity contribution in [2.75, 3.05) is 13.7 Å². The van der Waals surface area contributed by atoms with Crippen LogP contribution in [0.1, 0.15) is 27.5 Å². The summed E-state index contributed by atoms with van der Waals surface area (Å²) in [5.74, 6) is 0. The van der Waals surface area contributed by atoms with E-state index >= 15 is 0 Å². The molecule has 0 radical (unpaired) electrons. The van der Waals surface area contributed by atoms with Gasteiger partial charge in [0.25, 0.3) is 0 Å². The lowest BCUT2D eigenvalue weighted by Crippen LogP contribution is -2.32. The van der Waals surface area contributed by atoms with E-state index in [9.17, 15) is 8.42 Å². The Bertz CT molecular complexity index is 676. The maximum absolute atomic E-state index is 12.9. The fourth-order valence-electron chi connectivity index (χ4n) is 2.37. The van der Waals surface area contributed by atoms with Gasteiger partial charge in [0.15, 0.2) is 9.84 Å². The smallest absolute Gasteiger partial charge is 0.174 e. The third-order valence-electron chi connectivity index (χ3n) is 3.27. The van der Waals surface area contributed by atoms with E-state index in [1.54, 1.807) is 18.3 Å². The first-order valence-corrected chi connectivity index (χ1v) is 8.83. The number of thiophene rings is 1. The first-order chi connectivity index (χ1) is 9.87. The van der Waals surface area contributed by atoms with Gasteiger partial charge in [-0.15, -0.1) is 11.3 Å². The summed E-state index contributed by atoms with van der Waals surface area (Å²) in [6, 6.07) is 1.89. The Labute approximate surface area is 128 Å².